The standard InChI is InChI=1S/C10H9FINO/c1-6-5-7-9(14-2)4-3-8(11)10(7)13(6)12/h3-5H,1-2H3. The lowest BCUT2D eigenvalue weighted by Crippen LogP contribution is -1.88. The quantitative estimate of drug-likeness (QED) is 0.737. The van der Waals surface area contributed by atoms with Gasteiger partial charge in [-0.05, 0) is 25.1 Å². The van der Waals surface area contributed by atoms with E-state index < -0.39 is 0 Å². The van der Waals surface area contributed by atoms with E-state index in [9.17, 15) is 4.39 Å². The summed E-state index contributed by atoms with van der Waals surface area (Å²) in [5.41, 5.74) is 1.59. The van der Waals surface area contributed by atoms with Gasteiger partial charge in [-0.15, -0.1) is 0 Å². The van der Waals surface area contributed by atoms with Crippen molar-refractivity contribution in [2.24, 2.45) is 0 Å². The first-order valence-electron chi connectivity index (χ1n) is 4.16. The van der Waals surface area contributed by atoms with Gasteiger partial charge in [0, 0.05) is 11.1 Å². The predicted molar refractivity (Wildman–Crippen MR) is 62.6 cm³/mol. The van der Waals surface area contributed by atoms with E-state index in [1.807, 2.05) is 13.0 Å². The van der Waals surface area contributed by atoms with E-state index in [-0.39, 0.29) is 5.82 Å². The fraction of sp³-hybridized carbons (Fsp3) is 0.200. The monoisotopic (exact) mass is 305 g/mol. The molecule has 0 radical (unpaired) electrons. The highest BCUT2D eigenvalue weighted by Gasteiger charge is 2.12. The number of methoxy groups -OCH3 is 1. The van der Waals surface area contributed by atoms with Crippen molar-refractivity contribution in [3.05, 3.63) is 29.7 Å². The van der Waals surface area contributed by atoms with Gasteiger partial charge in [0.15, 0.2) is 0 Å². The number of aryl methyl sites for hydroxylation is 1. The van der Waals surface area contributed by atoms with E-state index >= 15 is 0 Å². The number of halogens is 2. The summed E-state index contributed by atoms with van der Waals surface area (Å²) in [6, 6.07) is 4.99. The van der Waals surface area contributed by atoms with Crippen molar-refractivity contribution in [2.75, 3.05) is 7.11 Å². The maximum absolute atomic E-state index is 13.5. The molecule has 0 amide bonds. The van der Waals surface area contributed by atoms with Gasteiger partial charge in [0.05, 0.1) is 35.5 Å². The van der Waals surface area contributed by atoms with Crippen molar-refractivity contribution < 1.29 is 9.13 Å². The first-order valence-corrected chi connectivity index (χ1v) is 5.12. The number of fused-ring (bicyclic) bond motifs is 1. The fourth-order valence-electron chi connectivity index (χ4n) is 1.52. The van der Waals surface area contributed by atoms with Crippen LogP contribution in [-0.4, -0.2) is 9.89 Å². The molecule has 14 heavy (non-hydrogen) atoms. The van der Waals surface area contributed by atoms with Crippen LogP contribution in [0.5, 0.6) is 5.75 Å². The van der Waals surface area contributed by atoms with Crippen molar-refractivity contribution in [3.63, 3.8) is 0 Å². The molecule has 0 fully saturated rings. The van der Waals surface area contributed by atoms with Gasteiger partial charge in [-0.2, -0.15) is 0 Å². The second-order valence-electron chi connectivity index (χ2n) is 3.08. The molecule has 0 atom stereocenters. The maximum Gasteiger partial charge on any atom is 0.148 e. The Balaban J connectivity index is 2.91. The Labute approximate surface area is 95.2 Å². The summed E-state index contributed by atoms with van der Waals surface area (Å²) in [5.74, 6) is 0.489. The summed E-state index contributed by atoms with van der Waals surface area (Å²) in [6.07, 6.45) is 0. The number of aromatic nitrogens is 1. The van der Waals surface area contributed by atoms with Crippen molar-refractivity contribution in [3.8, 4) is 5.75 Å². The highest BCUT2D eigenvalue weighted by atomic mass is 127. The molecule has 0 N–H and O–H groups in total. The van der Waals surface area contributed by atoms with Crippen LogP contribution in [0.3, 0.4) is 0 Å². The van der Waals surface area contributed by atoms with Crippen molar-refractivity contribution >= 4 is 33.8 Å². The third-order valence-corrected chi connectivity index (χ3v) is 3.45. The van der Waals surface area contributed by atoms with Crippen LogP contribution < -0.4 is 4.74 Å². The molecule has 0 bridgehead atoms. The summed E-state index contributed by atoms with van der Waals surface area (Å²) >= 11 is 2.08. The average Bonchev–Trinajstić information content (AvgIpc) is 2.45. The molecule has 2 nitrogen and oxygen atoms in total. The molecule has 0 spiro atoms. The Bertz CT molecular complexity index is 492. The van der Waals surface area contributed by atoms with Crippen LogP contribution in [0.15, 0.2) is 18.2 Å². The number of hydrogen-bond acceptors (Lipinski definition) is 1. The van der Waals surface area contributed by atoms with Crippen LogP contribution in [0, 0.1) is 12.7 Å². The molecular formula is C10H9FINO. The molecule has 0 saturated carbocycles. The third-order valence-electron chi connectivity index (χ3n) is 2.21. The predicted octanol–water partition coefficient (Wildman–Crippen LogP) is 3.30. The number of rotatable bonds is 1. The third kappa shape index (κ3) is 1.28. The highest BCUT2D eigenvalue weighted by Crippen LogP contribution is 2.31. The van der Waals surface area contributed by atoms with E-state index in [0.717, 1.165) is 11.1 Å². The fourth-order valence-corrected chi connectivity index (χ4v) is 2.15. The molecule has 1 heterocycles. The Morgan fingerprint density at radius 2 is 2.14 bits per heavy atom. The largest absolute Gasteiger partial charge is 0.496 e. The zero-order chi connectivity index (χ0) is 10.3. The van der Waals surface area contributed by atoms with Gasteiger partial charge in [0.25, 0.3) is 0 Å². The summed E-state index contributed by atoms with van der Waals surface area (Å²) in [7, 11) is 1.59. The van der Waals surface area contributed by atoms with Crippen molar-refractivity contribution in [1.29, 1.82) is 0 Å². The summed E-state index contributed by atoms with van der Waals surface area (Å²) in [5, 5.41) is 0.819. The summed E-state index contributed by atoms with van der Waals surface area (Å²) < 4.78 is 20.5. The summed E-state index contributed by atoms with van der Waals surface area (Å²) in [6.45, 7) is 1.94. The first-order chi connectivity index (χ1) is 6.65. The lowest BCUT2D eigenvalue weighted by molar-refractivity contribution is 0.419. The van der Waals surface area contributed by atoms with Gasteiger partial charge in [0.1, 0.15) is 11.6 Å². The van der Waals surface area contributed by atoms with Gasteiger partial charge in [-0.1, -0.05) is 0 Å². The molecule has 1 aromatic heterocycles. The highest BCUT2D eigenvalue weighted by molar-refractivity contribution is 14.1. The van der Waals surface area contributed by atoms with Gasteiger partial charge in [0.2, 0.25) is 0 Å². The number of hydrogen-bond donors (Lipinski definition) is 0. The van der Waals surface area contributed by atoms with Crippen LogP contribution in [0.1, 0.15) is 5.69 Å². The van der Waals surface area contributed by atoms with Crippen molar-refractivity contribution in [2.45, 2.75) is 6.92 Å². The second kappa shape index (κ2) is 3.42. The smallest absolute Gasteiger partial charge is 0.148 e. The van der Waals surface area contributed by atoms with Gasteiger partial charge >= 0.3 is 0 Å². The first kappa shape index (κ1) is 9.76. The Morgan fingerprint density at radius 3 is 2.79 bits per heavy atom. The minimum atomic E-state index is -0.219. The molecule has 1 aromatic carbocycles. The average molecular weight is 305 g/mol. The maximum atomic E-state index is 13.5. The van der Waals surface area contributed by atoms with E-state index in [2.05, 4.69) is 22.9 Å². The van der Waals surface area contributed by atoms with Crippen LogP contribution in [0.25, 0.3) is 10.9 Å². The molecule has 0 saturated heterocycles. The number of nitrogens with zero attached hydrogens (tertiary/aromatic N) is 1. The SMILES string of the molecule is COc1ccc(F)c2c1cc(C)n2I. The van der Waals surface area contributed by atoms with Gasteiger partial charge < -0.3 is 4.74 Å². The van der Waals surface area contributed by atoms with E-state index in [4.69, 9.17) is 4.74 Å². The Hall–Kier alpha value is -0.780. The number of benzene rings is 1. The molecule has 74 valence electrons. The Kier molecular flexibility index (Phi) is 2.38. The van der Waals surface area contributed by atoms with Gasteiger partial charge in [-0.3, -0.25) is 2.78 Å². The molecule has 2 rings (SSSR count). The van der Waals surface area contributed by atoms with Crippen molar-refractivity contribution in [1.82, 2.24) is 2.78 Å². The lowest BCUT2D eigenvalue weighted by Gasteiger charge is -2.02. The van der Waals surface area contributed by atoms with Crippen LogP contribution in [-0.2, 0) is 0 Å². The normalized spacial score (nSPS) is 10.9. The molecule has 0 aliphatic rings. The molecule has 0 aliphatic carbocycles. The molecule has 4 heteroatoms. The summed E-state index contributed by atoms with van der Waals surface area (Å²) in [4.78, 5) is 0. The zero-order valence-corrected chi connectivity index (χ0v) is 10.0. The van der Waals surface area contributed by atoms with E-state index in [0.29, 0.717) is 11.3 Å². The minimum Gasteiger partial charge on any atom is -0.496 e. The second-order valence-corrected chi connectivity index (χ2v) is 4.04. The Morgan fingerprint density at radius 1 is 1.43 bits per heavy atom. The number of ether oxygens (including phenoxy) is 1. The zero-order valence-electron chi connectivity index (χ0n) is 7.84. The van der Waals surface area contributed by atoms with Crippen LogP contribution in [0.4, 0.5) is 4.39 Å². The van der Waals surface area contributed by atoms with Crippen LogP contribution >= 0.6 is 22.9 Å². The molecule has 0 aliphatic heterocycles. The topological polar surface area (TPSA) is 14.2 Å². The molecule has 2 aromatic rings. The van der Waals surface area contributed by atoms with E-state index in [1.165, 1.54) is 6.07 Å². The lowest BCUT2D eigenvalue weighted by atomic mass is 10.2. The molecule has 0 unspecified atom stereocenters. The minimum absolute atomic E-state index is 0.219. The van der Waals surface area contributed by atoms with E-state index in [1.54, 1.807) is 16.0 Å². The molecular weight excluding hydrogens is 296 g/mol. The van der Waals surface area contributed by atoms with Crippen LogP contribution in [0.2, 0.25) is 0 Å². The van der Waals surface area contributed by atoms with Gasteiger partial charge in [-0.25, -0.2) is 4.39 Å².